The topological polar surface area (TPSA) is 50.3 Å². The second kappa shape index (κ2) is 6.43. The van der Waals surface area contributed by atoms with Crippen LogP contribution in [0.3, 0.4) is 0 Å². The van der Waals surface area contributed by atoms with Crippen LogP contribution in [0.15, 0.2) is 30.5 Å². The molecular weight excluding hydrogens is 284 g/mol. The Balaban J connectivity index is 0.000000774. The van der Waals surface area contributed by atoms with Gasteiger partial charge in [0.2, 0.25) is 0 Å². The first kappa shape index (κ1) is 15.8. The van der Waals surface area contributed by atoms with Crippen molar-refractivity contribution in [1.82, 2.24) is 4.98 Å². The number of pyridine rings is 1. The molecule has 1 saturated heterocycles. The van der Waals surface area contributed by atoms with Gasteiger partial charge < -0.3 is 4.90 Å². The maximum absolute atomic E-state index is 11.5. The molecule has 0 saturated carbocycles. The van der Waals surface area contributed by atoms with E-state index >= 15 is 0 Å². The number of fused-ring (bicyclic) bond motifs is 1. The number of aryl methyl sites for hydroxylation is 1. The van der Waals surface area contributed by atoms with Gasteiger partial charge in [0.1, 0.15) is 5.82 Å². The van der Waals surface area contributed by atoms with Gasteiger partial charge in [-0.25, -0.2) is 13.4 Å². The molecule has 2 heterocycles. The third-order valence-corrected chi connectivity index (χ3v) is 5.15. The van der Waals surface area contributed by atoms with E-state index in [0.29, 0.717) is 13.1 Å². The van der Waals surface area contributed by atoms with E-state index in [4.69, 9.17) is 0 Å². The van der Waals surface area contributed by atoms with Gasteiger partial charge in [0.05, 0.1) is 11.5 Å². The lowest BCUT2D eigenvalue weighted by molar-refractivity contribution is 0.586. The van der Waals surface area contributed by atoms with Gasteiger partial charge >= 0.3 is 0 Å². The normalized spacial score (nSPS) is 17.2. The van der Waals surface area contributed by atoms with Gasteiger partial charge in [-0.2, -0.15) is 0 Å². The van der Waals surface area contributed by atoms with E-state index in [2.05, 4.69) is 35.0 Å². The molecule has 0 spiro atoms. The van der Waals surface area contributed by atoms with Gasteiger partial charge in [-0.15, -0.1) is 0 Å². The minimum Gasteiger partial charge on any atom is -0.354 e. The maximum atomic E-state index is 11.5. The molecule has 0 N–H and O–H groups in total. The van der Waals surface area contributed by atoms with Crippen LogP contribution in [0.4, 0.5) is 5.82 Å². The summed E-state index contributed by atoms with van der Waals surface area (Å²) >= 11 is 0. The largest absolute Gasteiger partial charge is 0.354 e. The number of sulfone groups is 1. The molecule has 0 atom stereocenters. The smallest absolute Gasteiger partial charge is 0.153 e. The maximum Gasteiger partial charge on any atom is 0.153 e. The van der Waals surface area contributed by atoms with Gasteiger partial charge in [0.25, 0.3) is 0 Å². The van der Waals surface area contributed by atoms with Crippen LogP contribution in [0.25, 0.3) is 10.8 Å². The van der Waals surface area contributed by atoms with Crippen LogP contribution in [0.2, 0.25) is 0 Å². The Morgan fingerprint density at radius 2 is 1.76 bits per heavy atom. The molecule has 0 bridgehead atoms. The Bertz CT molecular complexity index is 712. The summed E-state index contributed by atoms with van der Waals surface area (Å²) in [6.45, 7) is 7.11. The molecule has 1 aliphatic heterocycles. The fourth-order valence-electron chi connectivity index (χ4n) is 2.44. The first-order chi connectivity index (χ1) is 10.1. The number of rotatable bonds is 1. The van der Waals surface area contributed by atoms with Gasteiger partial charge in [-0.3, -0.25) is 0 Å². The third-order valence-electron chi connectivity index (χ3n) is 3.54. The van der Waals surface area contributed by atoms with Crippen molar-refractivity contribution in [3.05, 3.63) is 36.0 Å². The first-order valence-corrected chi connectivity index (χ1v) is 9.18. The minimum atomic E-state index is -2.85. The van der Waals surface area contributed by atoms with Crippen molar-refractivity contribution in [2.45, 2.75) is 20.8 Å². The lowest BCUT2D eigenvalue weighted by atomic mass is 10.1. The number of nitrogens with zero attached hydrogens (tertiary/aromatic N) is 2. The summed E-state index contributed by atoms with van der Waals surface area (Å²) in [7, 11) is -2.85. The molecule has 1 aromatic carbocycles. The van der Waals surface area contributed by atoms with E-state index in [0.717, 1.165) is 16.6 Å². The summed E-state index contributed by atoms with van der Waals surface area (Å²) in [5.74, 6) is 1.34. The van der Waals surface area contributed by atoms with Crippen LogP contribution in [0, 0.1) is 6.92 Å². The Hall–Kier alpha value is -1.62. The number of anilines is 1. The zero-order valence-corrected chi connectivity index (χ0v) is 13.7. The molecule has 0 unspecified atom stereocenters. The molecule has 0 radical (unpaired) electrons. The predicted molar refractivity (Wildman–Crippen MR) is 88.7 cm³/mol. The molecule has 2 aromatic rings. The van der Waals surface area contributed by atoms with E-state index in [-0.39, 0.29) is 11.5 Å². The highest BCUT2D eigenvalue weighted by Crippen LogP contribution is 2.26. The van der Waals surface area contributed by atoms with Crippen LogP contribution >= 0.6 is 0 Å². The highest BCUT2D eigenvalue weighted by Gasteiger charge is 2.23. The van der Waals surface area contributed by atoms with E-state index in [1.807, 2.05) is 19.9 Å². The van der Waals surface area contributed by atoms with E-state index in [9.17, 15) is 8.42 Å². The lowest BCUT2D eigenvalue weighted by Crippen LogP contribution is -2.40. The number of hydrogen-bond acceptors (Lipinski definition) is 4. The highest BCUT2D eigenvalue weighted by molar-refractivity contribution is 7.91. The summed E-state index contributed by atoms with van der Waals surface area (Å²) in [4.78, 5) is 6.52. The quantitative estimate of drug-likeness (QED) is 0.813. The van der Waals surface area contributed by atoms with Gasteiger partial charge in [0, 0.05) is 24.7 Å². The van der Waals surface area contributed by atoms with Crippen LogP contribution < -0.4 is 4.90 Å². The van der Waals surface area contributed by atoms with Crippen molar-refractivity contribution in [3.8, 4) is 0 Å². The highest BCUT2D eigenvalue weighted by atomic mass is 32.2. The van der Waals surface area contributed by atoms with Crippen molar-refractivity contribution in [2.24, 2.45) is 0 Å². The molecule has 1 aromatic heterocycles. The summed E-state index contributed by atoms with van der Waals surface area (Å²) in [5.41, 5.74) is 1.19. The summed E-state index contributed by atoms with van der Waals surface area (Å²) in [6, 6.07) is 8.25. The fourth-order valence-corrected chi connectivity index (χ4v) is 3.64. The summed E-state index contributed by atoms with van der Waals surface area (Å²) in [6.07, 6.45) is 1.79. The van der Waals surface area contributed by atoms with Crippen molar-refractivity contribution in [1.29, 1.82) is 0 Å². The summed E-state index contributed by atoms with van der Waals surface area (Å²) < 4.78 is 23.0. The van der Waals surface area contributed by atoms with Crippen LogP contribution in [-0.4, -0.2) is 38.0 Å². The second-order valence-corrected chi connectivity index (χ2v) is 7.30. The number of hydrogen-bond donors (Lipinski definition) is 0. The fraction of sp³-hybridized carbons (Fsp3) is 0.438. The molecule has 1 aliphatic rings. The van der Waals surface area contributed by atoms with Gasteiger partial charge in [-0.1, -0.05) is 31.5 Å². The zero-order chi connectivity index (χ0) is 15.5. The molecule has 0 amide bonds. The Morgan fingerprint density at radius 1 is 1.10 bits per heavy atom. The first-order valence-electron chi connectivity index (χ1n) is 7.36. The molecule has 0 aliphatic carbocycles. The molecule has 21 heavy (non-hydrogen) atoms. The SMILES string of the molecule is CC.Cc1ccc2ccnc(N3CCS(=O)(=O)CC3)c2c1. The molecule has 114 valence electrons. The molecule has 3 rings (SSSR count). The van der Waals surface area contributed by atoms with Crippen LogP contribution in [-0.2, 0) is 9.84 Å². The van der Waals surface area contributed by atoms with Crippen LogP contribution in [0.5, 0.6) is 0 Å². The minimum absolute atomic E-state index is 0.219. The van der Waals surface area contributed by atoms with E-state index in [1.54, 1.807) is 6.20 Å². The number of aromatic nitrogens is 1. The second-order valence-electron chi connectivity index (χ2n) is 5.00. The van der Waals surface area contributed by atoms with E-state index in [1.165, 1.54) is 5.56 Å². The van der Waals surface area contributed by atoms with Crippen molar-refractivity contribution in [3.63, 3.8) is 0 Å². The Morgan fingerprint density at radius 3 is 2.43 bits per heavy atom. The number of benzene rings is 1. The molecule has 5 heteroatoms. The molecule has 1 fully saturated rings. The average molecular weight is 306 g/mol. The van der Waals surface area contributed by atoms with Gasteiger partial charge in [0.15, 0.2) is 9.84 Å². The van der Waals surface area contributed by atoms with Crippen molar-refractivity contribution in [2.75, 3.05) is 29.5 Å². The standard InChI is InChI=1S/C14H16N2O2S.C2H6/c1-11-2-3-12-4-5-15-14(13(12)10-11)16-6-8-19(17,18)9-7-16;1-2/h2-5,10H,6-9H2,1H3;1-2H3. The predicted octanol–water partition coefficient (Wildman–Crippen LogP) is 2.80. The summed E-state index contributed by atoms with van der Waals surface area (Å²) in [5, 5.41) is 2.24. The van der Waals surface area contributed by atoms with E-state index < -0.39 is 9.84 Å². The van der Waals surface area contributed by atoms with Gasteiger partial charge in [-0.05, 0) is 24.4 Å². The monoisotopic (exact) mass is 306 g/mol. The van der Waals surface area contributed by atoms with Crippen molar-refractivity contribution < 1.29 is 8.42 Å². The molecule has 4 nitrogen and oxygen atoms in total. The van der Waals surface area contributed by atoms with Crippen molar-refractivity contribution >= 4 is 26.4 Å². The Kier molecular flexibility index (Phi) is 4.83. The van der Waals surface area contributed by atoms with Crippen LogP contribution in [0.1, 0.15) is 19.4 Å². The Labute approximate surface area is 126 Å². The zero-order valence-electron chi connectivity index (χ0n) is 12.8. The third kappa shape index (κ3) is 3.53. The lowest BCUT2D eigenvalue weighted by Gasteiger charge is -2.28. The average Bonchev–Trinajstić information content (AvgIpc) is 2.49. The molecular formula is C16H22N2O2S.